The van der Waals surface area contributed by atoms with Crippen molar-refractivity contribution < 1.29 is 18.0 Å². The van der Waals surface area contributed by atoms with E-state index in [0.717, 1.165) is 49.7 Å². The minimum absolute atomic E-state index is 0.0175. The van der Waals surface area contributed by atoms with Crippen LogP contribution in [0.3, 0.4) is 0 Å². The Hall–Kier alpha value is -2.21. The van der Waals surface area contributed by atoms with Crippen molar-refractivity contribution in [2.75, 3.05) is 11.9 Å². The summed E-state index contributed by atoms with van der Waals surface area (Å²) < 4.78 is 38.8. The minimum atomic E-state index is -4.52. The SMILES string of the molecule is C[C@@H]1CC(CNc2ccccc2)CCC1NC(=O)c1cc(C(F)(F)F)ccc1Cl. The number of rotatable bonds is 5. The predicted octanol–water partition coefficient (Wildman–Crippen LogP) is 6.01. The van der Waals surface area contributed by atoms with Crippen LogP contribution in [0.15, 0.2) is 48.5 Å². The summed E-state index contributed by atoms with van der Waals surface area (Å²) in [6.07, 6.45) is -1.87. The number of alkyl halides is 3. The van der Waals surface area contributed by atoms with E-state index in [0.29, 0.717) is 5.92 Å². The van der Waals surface area contributed by atoms with Crippen LogP contribution in [0.1, 0.15) is 42.1 Å². The average molecular weight is 425 g/mol. The van der Waals surface area contributed by atoms with Crippen molar-refractivity contribution in [3.63, 3.8) is 0 Å². The minimum Gasteiger partial charge on any atom is -0.385 e. The quantitative estimate of drug-likeness (QED) is 0.617. The van der Waals surface area contributed by atoms with Crippen molar-refractivity contribution in [3.8, 4) is 0 Å². The van der Waals surface area contributed by atoms with Gasteiger partial charge in [-0.25, -0.2) is 0 Å². The van der Waals surface area contributed by atoms with E-state index in [1.807, 2.05) is 30.3 Å². The molecule has 2 aromatic rings. The number of carbonyl (C=O) groups excluding carboxylic acids is 1. The Morgan fingerprint density at radius 1 is 1.14 bits per heavy atom. The van der Waals surface area contributed by atoms with Gasteiger partial charge in [0.1, 0.15) is 0 Å². The molecular formula is C22H24ClF3N2O. The maximum atomic E-state index is 12.9. The number of hydrogen-bond acceptors (Lipinski definition) is 2. The van der Waals surface area contributed by atoms with Crippen LogP contribution >= 0.6 is 11.6 Å². The highest BCUT2D eigenvalue weighted by atomic mass is 35.5. The first-order chi connectivity index (χ1) is 13.7. The fourth-order valence-corrected chi connectivity index (χ4v) is 4.05. The molecule has 2 aromatic carbocycles. The summed E-state index contributed by atoms with van der Waals surface area (Å²) >= 11 is 5.98. The lowest BCUT2D eigenvalue weighted by Crippen LogP contribution is -2.43. The Morgan fingerprint density at radius 3 is 2.52 bits per heavy atom. The Morgan fingerprint density at radius 2 is 1.86 bits per heavy atom. The normalized spacial score (nSPS) is 22.2. The van der Waals surface area contributed by atoms with E-state index in [9.17, 15) is 18.0 Å². The lowest BCUT2D eigenvalue weighted by atomic mass is 9.78. The van der Waals surface area contributed by atoms with Crippen LogP contribution in [0.5, 0.6) is 0 Å². The average Bonchev–Trinajstić information content (AvgIpc) is 2.68. The fourth-order valence-electron chi connectivity index (χ4n) is 3.85. The first-order valence-electron chi connectivity index (χ1n) is 9.70. The summed E-state index contributed by atoms with van der Waals surface area (Å²) in [6.45, 7) is 2.92. The summed E-state index contributed by atoms with van der Waals surface area (Å²) in [7, 11) is 0. The third-order valence-corrected chi connectivity index (χ3v) is 5.83. The number of amides is 1. The number of anilines is 1. The largest absolute Gasteiger partial charge is 0.416 e. The van der Waals surface area contributed by atoms with E-state index >= 15 is 0 Å². The van der Waals surface area contributed by atoms with E-state index in [1.165, 1.54) is 0 Å². The molecule has 0 aliphatic heterocycles. The number of para-hydroxylation sites is 1. The maximum absolute atomic E-state index is 12.9. The molecule has 2 unspecified atom stereocenters. The molecule has 1 fully saturated rings. The van der Waals surface area contributed by atoms with Crippen molar-refractivity contribution in [3.05, 3.63) is 64.7 Å². The Bertz CT molecular complexity index is 842. The van der Waals surface area contributed by atoms with Gasteiger partial charge in [0.05, 0.1) is 16.1 Å². The second-order valence-corrected chi connectivity index (χ2v) is 8.08. The highest BCUT2D eigenvalue weighted by Crippen LogP contribution is 2.33. The molecule has 0 spiro atoms. The van der Waals surface area contributed by atoms with Crippen molar-refractivity contribution >= 4 is 23.2 Å². The van der Waals surface area contributed by atoms with Gasteiger partial charge >= 0.3 is 6.18 Å². The lowest BCUT2D eigenvalue weighted by Gasteiger charge is -2.35. The molecule has 1 aliphatic carbocycles. The molecule has 29 heavy (non-hydrogen) atoms. The van der Waals surface area contributed by atoms with Gasteiger partial charge in [0.15, 0.2) is 0 Å². The van der Waals surface area contributed by atoms with E-state index < -0.39 is 17.6 Å². The molecule has 0 radical (unpaired) electrons. The zero-order chi connectivity index (χ0) is 21.0. The summed E-state index contributed by atoms with van der Waals surface area (Å²) in [5.74, 6) is 0.147. The van der Waals surface area contributed by atoms with Crippen LogP contribution in [-0.2, 0) is 6.18 Å². The fraction of sp³-hybridized carbons (Fsp3) is 0.409. The summed E-state index contributed by atoms with van der Waals surface area (Å²) in [5.41, 5.74) is 0.0621. The molecule has 1 amide bonds. The Kier molecular flexibility index (Phi) is 6.73. The molecule has 3 rings (SSSR count). The molecule has 1 aliphatic rings. The Labute approximate surface area is 173 Å². The highest BCUT2D eigenvalue weighted by molar-refractivity contribution is 6.33. The van der Waals surface area contributed by atoms with Crippen molar-refractivity contribution in [1.82, 2.24) is 5.32 Å². The molecule has 0 saturated heterocycles. The number of nitrogens with one attached hydrogen (secondary N) is 2. The van der Waals surface area contributed by atoms with Gasteiger partial charge in [0.25, 0.3) is 5.91 Å². The zero-order valence-corrected chi connectivity index (χ0v) is 16.9. The van der Waals surface area contributed by atoms with E-state index in [4.69, 9.17) is 11.6 Å². The number of hydrogen-bond donors (Lipinski definition) is 2. The topological polar surface area (TPSA) is 41.1 Å². The second kappa shape index (κ2) is 9.08. The molecule has 0 heterocycles. The molecule has 3 nitrogen and oxygen atoms in total. The third-order valence-electron chi connectivity index (χ3n) is 5.50. The van der Waals surface area contributed by atoms with Gasteiger partial charge in [-0.15, -0.1) is 0 Å². The third kappa shape index (κ3) is 5.66. The van der Waals surface area contributed by atoms with Crippen LogP contribution in [0.4, 0.5) is 18.9 Å². The first-order valence-corrected chi connectivity index (χ1v) is 10.1. The van der Waals surface area contributed by atoms with E-state index in [-0.39, 0.29) is 22.5 Å². The molecule has 2 N–H and O–H groups in total. The monoisotopic (exact) mass is 424 g/mol. The molecular weight excluding hydrogens is 401 g/mol. The highest BCUT2D eigenvalue weighted by Gasteiger charge is 2.33. The van der Waals surface area contributed by atoms with Crippen molar-refractivity contribution in [2.24, 2.45) is 11.8 Å². The van der Waals surface area contributed by atoms with Gasteiger partial charge in [-0.1, -0.05) is 36.7 Å². The molecule has 1 saturated carbocycles. The molecule has 0 aromatic heterocycles. The smallest absolute Gasteiger partial charge is 0.385 e. The van der Waals surface area contributed by atoms with Crippen LogP contribution in [0.2, 0.25) is 5.02 Å². The zero-order valence-electron chi connectivity index (χ0n) is 16.1. The predicted molar refractivity (Wildman–Crippen MR) is 109 cm³/mol. The Balaban J connectivity index is 1.57. The van der Waals surface area contributed by atoms with Gasteiger partial charge in [-0.2, -0.15) is 13.2 Å². The van der Waals surface area contributed by atoms with Crippen LogP contribution in [-0.4, -0.2) is 18.5 Å². The molecule has 0 bridgehead atoms. The van der Waals surface area contributed by atoms with Crippen LogP contribution in [0, 0.1) is 11.8 Å². The van der Waals surface area contributed by atoms with Gasteiger partial charge in [-0.05, 0) is 61.4 Å². The van der Waals surface area contributed by atoms with Crippen LogP contribution < -0.4 is 10.6 Å². The molecule has 3 atom stereocenters. The van der Waals surface area contributed by atoms with Crippen LogP contribution in [0.25, 0.3) is 0 Å². The van der Waals surface area contributed by atoms with Crippen molar-refractivity contribution in [1.29, 1.82) is 0 Å². The number of halogens is 4. The van der Waals surface area contributed by atoms with Gasteiger partial charge < -0.3 is 10.6 Å². The van der Waals surface area contributed by atoms with E-state index in [1.54, 1.807) is 0 Å². The summed E-state index contributed by atoms with van der Waals surface area (Å²) in [4.78, 5) is 12.6. The first kappa shape index (κ1) is 21.5. The number of benzene rings is 2. The maximum Gasteiger partial charge on any atom is 0.416 e. The number of carbonyl (C=O) groups is 1. The lowest BCUT2D eigenvalue weighted by molar-refractivity contribution is -0.137. The van der Waals surface area contributed by atoms with Gasteiger partial charge in [-0.3, -0.25) is 4.79 Å². The second-order valence-electron chi connectivity index (χ2n) is 7.68. The standard InChI is InChI=1S/C22H24ClF3N2O/c1-14-11-15(13-27-17-5-3-2-4-6-17)7-10-20(14)28-21(29)18-12-16(22(24,25)26)8-9-19(18)23/h2-6,8-9,12,14-15,20,27H,7,10-11,13H2,1H3,(H,28,29)/t14-,15?,20?/m1/s1. The summed E-state index contributed by atoms with van der Waals surface area (Å²) in [5, 5.41) is 6.34. The van der Waals surface area contributed by atoms with Crippen molar-refractivity contribution in [2.45, 2.75) is 38.4 Å². The molecule has 7 heteroatoms. The molecule has 156 valence electrons. The van der Waals surface area contributed by atoms with Gasteiger partial charge in [0, 0.05) is 18.3 Å². The van der Waals surface area contributed by atoms with Gasteiger partial charge in [0.2, 0.25) is 0 Å². The summed E-state index contributed by atoms with van der Waals surface area (Å²) in [6, 6.07) is 12.7. The van der Waals surface area contributed by atoms with E-state index in [2.05, 4.69) is 17.6 Å².